The van der Waals surface area contributed by atoms with E-state index < -0.39 is 0 Å². The first-order chi connectivity index (χ1) is 9.32. The third-order valence-electron chi connectivity index (χ3n) is 6.80. The summed E-state index contributed by atoms with van der Waals surface area (Å²) >= 11 is 0. The Hall–Kier alpha value is -0.520. The standard InChI is InChI=1S/C20H32/c1-14-6-9-18-19(3,4)10-11-20(18,5)13-17-15(2)7-8-16(17)12-14/h6,13,15-16,18H,7-12H2,1-5H3. The largest absolute Gasteiger partial charge is 0.0853 e. The van der Waals surface area contributed by atoms with E-state index in [1.54, 1.807) is 5.57 Å². The van der Waals surface area contributed by atoms with E-state index in [9.17, 15) is 0 Å². The molecule has 0 heterocycles. The van der Waals surface area contributed by atoms with Crippen LogP contribution in [0.5, 0.6) is 0 Å². The van der Waals surface area contributed by atoms with Gasteiger partial charge in [0.25, 0.3) is 0 Å². The fourth-order valence-electron chi connectivity index (χ4n) is 5.43. The highest BCUT2D eigenvalue weighted by Gasteiger charge is 2.48. The van der Waals surface area contributed by atoms with Gasteiger partial charge in [-0.2, -0.15) is 0 Å². The normalized spacial score (nSPS) is 43.8. The molecule has 0 bridgehead atoms. The highest BCUT2D eigenvalue weighted by molar-refractivity contribution is 5.25. The van der Waals surface area contributed by atoms with Crippen molar-refractivity contribution in [3.05, 3.63) is 23.3 Å². The molecule has 2 saturated carbocycles. The minimum atomic E-state index is 0.441. The van der Waals surface area contributed by atoms with Gasteiger partial charge in [-0.05, 0) is 74.0 Å². The van der Waals surface area contributed by atoms with Crippen molar-refractivity contribution in [2.24, 2.45) is 28.6 Å². The van der Waals surface area contributed by atoms with Crippen LogP contribution < -0.4 is 0 Å². The van der Waals surface area contributed by atoms with Crippen LogP contribution in [0.25, 0.3) is 0 Å². The van der Waals surface area contributed by atoms with Crippen molar-refractivity contribution in [1.82, 2.24) is 0 Å². The lowest BCUT2D eigenvalue weighted by Crippen LogP contribution is -2.28. The summed E-state index contributed by atoms with van der Waals surface area (Å²) in [5, 5.41) is 0. The molecule has 20 heavy (non-hydrogen) atoms. The molecular weight excluding hydrogens is 240 g/mol. The molecule has 0 aliphatic heterocycles. The molecule has 0 amide bonds. The summed E-state index contributed by atoms with van der Waals surface area (Å²) in [6.45, 7) is 12.4. The Kier molecular flexibility index (Phi) is 3.42. The fraction of sp³-hybridized carbons (Fsp3) is 0.800. The van der Waals surface area contributed by atoms with Crippen molar-refractivity contribution < 1.29 is 0 Å². The van der Waals surface area contributed by atoms with E-state index >= 15 is 0 Å². The number of hydrogen-bond acceptors (Lipinski definition) is 0. The summed E-state index contributed by atoms with van der Waals surface area (Å²) in [7, 11) is 0. The monoisotopic (exact) mass is 272 g/mol. The molecule has 0 N–H and O–H groups in total. The van der Waals surface area contributed by atoms with Crippen molar-refractivity contribution >= 4 is 0 Å². The van der Waals surface area contributed by atoms with Crippen molar-refractivity contribution in [3.63, 3.8) is 0 Å². The van der Waals surface area contributed by atoms with Crippen LogP contribution in [0.3, 0.4) is 0 Å². The Morgan fingerprint density at radius 2 is 1.85 bits per heavy atom. The smallest absolute Gasteiger partial charge is 0.0107 e. The molecule has 2 fully saturated rings. The Morgan fingerprint density at radius 1 is 1.10 bits per heavy atom. The van der Waals surface area contributed by atoms with Crippen LogP contribution in [0.15, 0.2) is 23.3 Å². The van der Waals surface area contributed by atoms with Gasteiger partial charge in [0, 0.05) is 0 Å². The van der Waals surface area contributed by atoms with E-state index in [0.717, 1.165) is 17.8 Å². The Morgan fingerprint density at radius 3 is 2.60 bits per heavy atom. The summed E-state index contributed by atoms with van der Waals surface area (Å²) < 4.78 is 0. The highest BCUT2D eigenvalue weighted by Crippen LogP contribution is 2.58. The first kappa shape index (κ1) is 14.4. The fourth-order valence-corrected chi connectivity index (χ4v) is 5.43. The zero-order chi connectivity index (χ0) is 14.5. The molecule has 3 aliphatic carbocycles. The second kappa shape index (κ2) is 4.75. The molecule has 0 nitrogen and oxygen atoms in total. The van der Waals surface area contributed by atoms with Gasteiger partial charge in [-0.15, -0.1) is 0 Å². The zero-order valence-corrected chi connectivity index (χ0v) is 14.1. The average Bonchev–Trinajstić information content (AvgIpc) is 2.80. The SMILES string of the molecule is CC1=CCC2C(C)(C)CCC2(C)C=C2C(C)CCC2C1. The highest BCUT2D eigenvalue weighted by atomic mass is 14.5. The van der Waals surface area contributed by atoms with E-state index in [2.05, 4.69) is 46.8 Å². The van der Waals surface area contributed by atoms with Crippen LogP contribution in [0.4, 0.5) is 0 Å². The van der Waals surface area contributed by atoms with Gasteiger partial charge in [0.05, 0.1) is 0 Å². The van der Waals surface area contributed by atoms with Crippen LogP contribution in [-0.4, -0.2) is 0 Å². The summed E-state index contributed by atoms with van der Waals surface area (Å²) in [6, 6.07) is 0. The predicted molar refractivity (Wildman–Crippen MR) is 87.6 cm³/mol. The summed E-state index contributed by atoms with van der Waals surface area (Å²) in [6.07, 6.45) is 13.6. The molecule has 0 spiro atoms. The number of rotatable bonds is 0. The van der Waals surface area contributed by atoms with E-state index in [1.807, 2.05) is 5.57 Å². The van der Waals surface area contributed by atoms with Gasteiger partial charge in [0.2, 0.25) is 0 Å². The van der Waals surface area contributed by atoms with E-state index in [1.165, 1.54) is 38.5 Å². The van der Waals surface area contributed by atoms with Gasteiger partial charge in [0.15, 0.2) is 0 Å². The van der Waals surface area contributed by atoms with Crippen LogP contribution in [-0.2, 0) is 0 Å². The topological polar surface area (TPSA) is 0 Å². The molecule has 4 unspecified atom stereocenters. The van der Waals surface area contributed by atoms with Gasteiger partial charge in [-0.3, -0.25) is 0 Å². The molecule has 3 aliphatic rings. The Balaban J connectivity index is 2.05. The van der Waals surface area contributed by atoms with Gasteiger partial charge < -0.3 is 0 Å². The molecule has 0 aromatic heterocycles. The summed E-state index contributed by atoms with van der Waals surface area (Å²) in [4.78, 5) is 0. The zero-order valence-electron chi connectivity index (χ0n) is 14.1. The van der Waals surface area contributed by atoms with Crippen molar-refractivity contribution in [3.8, 4) is 0 Å². The molecule has 0 saturated heterocycles. The molecule has 4 atom stereocenters. The minimum Gasteiger partial charge on any atom is -0.0853 e. The van der Waals surface area contributed by atoms with Gasteiger partial charge in [-0.1, -0.05) is 51.0 Å². The predicted octanol–water partition coefficient (Wildman–Crippen LogP) is 6.14. The van der Waals surface area contributed by atoms with E-state index in [-0.39, 0.29) is 0 Å². The maximum atomic E-state index is 2.77. The number of allylic oxidation sites excluding steroid dienone is 4. The third kappa shape index (κ3) is 2.30. The third-order valence-corrected chi connectivity index (χ3v) is 6.80. The van der Waals surface area contributed by atoms with Crippen LogP contribution in [0, 0.1) is 28.6 Å². The van der Waals surface area contributed by atoms with Crippen LogP contribution in [0.2, 0.25) is 0 Å². The van der Waals surface area contributed by atoms with E-state index in [4.69, 9.17) is 0 Å². The van der Waals surface area contributed by atoms with Gasteiger partial charge >= 0.3 is 0 Å². The molecule has 0 radical (unpaired) electrons. The molecule has 0 heteroatoms. The number of fused-ring (bicyclic) bond motifs is 2. The molecule has 112 valence electrons. The molecule has 0 aromatic rings. The summed E-state index contributed by atoms with van der Waals surface area (Å²) in [5.41, 5.74) is 4.40. The minimum absolute atomic E-state index is 0.441. The molecule has 3 rings (SSSR count). The van der Waals surface area contributed by atoms with Crippen molar-refractivity contribution in [2.45, 2.75) is 73.1 Å². The maximum absolute atomic E-state index is 2.77. The Bertz CT molecular complexity index is 451. The van der Waals surface area contributed by atoms with Crippen molar-refractivity contribution in [2.75, 3.05) is 0 Å². The quantitative estimate of drug-likeness (QED) is 0.464. The lowest BCUT2D eigenvalue weighted by atomic mass is 9.68. The van der Waals surface area contributed by atoms with E-state index in [0.29, 0.717) is 10.8 Å². The second-order valence-corrected chi connectivity index (χ2v) is 8.86. The van der Waals surface area contributed by atoms with Crippen LogP contribution >= 0.6 is 0 Å². The number of hydrogen-bond donors (Lipinski definition) is 0. The summed E-state index contributed by atoms with van der Waals surface area (Å²) in [5.74, 6) is 2.50. The lowest BCUT2D eigenvalue weighted by Gasteiger charge is -2.36. The van der Waals surface area contributed by atoms with Crippen molar-refractivity contribution in [1.29, 1.82) is 0 Å². The first-order valence-corrected chi connectivity index (χ1v) is 8.70. The maximum Gasteiger partial charge on any atom is -0.0107 e. The molecular formula is C20H32. The lowest BCUT2D eigenvalue weighted by molar-refractivity contribution is 0.182. The van der Waals surface area contributed by atoms with Gasteiger partial charge in [-0.25, -0.2) is 0 Å². The van der Waals surface area contributed by atoms with Crippen LogP contribution in [0.1, 0.15) is 73.1 Å². The van der Waals surface area contributed by atoms with Gasteiger partial charge in [0.1, 0.15) is 0 Å². The second-order valence-electron chi connectivity index (χ2n) is 8.86. The average molecular weight is 272 g/mol. The molecule has 0 aromatic carbocycles. The first-order valence-electron chi connectivity index (χ1n) is 8.70. The Labute approximate surface area is 125 Å².